The van der Waals surface area contributed by atoms with Crippen LogP contribution in [0.5, 0.6) is 0 Å². The highest BCUT2D eigenvalue weighted by Crippen LogP contribution is 2.15. The van der Waals surface area contributed by atoms with Gasteiger partial charge >= 0.3 is 0 Å². The van der Waals surface area contributed by atoms with E-state index in [1.54, 1.807) is 17.5 Å². The molecule has 0 saturated heterocycles. The highest BCUT2D eigenvalue weighted by atomic mass is 32.1. The number of hydrogen-bond donors (Lipinski definition) is 1. The first-order valence-electron chi connectivity index (χ1n) is 2.81. The van der Waals surface area contributed by atoms with Crippen molar-refractivity contribution in [3.63, 3.8) is 0 Å². The first-order chi connectivity index (χ1) is 4.86. The van der Waals surface area contributed by atoms with E-state index in [0.717, 1.165) is 10.9 Å². The molecule has 50 valence electrons. The van der Waals surface area contributed by atoms with Gasteiger partial charge in [-0.05, 0) is 0 Å². The Morgan fingerprint density at radius 1 is 1.40 bits per heavy atom. The molecule has 0 amide bonds. The molecule has 0 spiro atoms. The predicted octanol–water partition coefficient (Wildman–Crippen LogP) is 1.27. The molecule has 0 aromatic carbocycles. The summed E-state index contributed by atoms with van der Waals surface area (Å²) >= 11 is 1.60. The van der Waals surface area contributed by atoms with Crippen LogP contribution in [0.2, 0.25) is 0 Å². The third-order valence-corrected chi connectivity index (χ3v) is 1.99. The van der Waals surface area contributed by atoms with Crippen LogP contribution in [0, 0.1) is 0 Å². The number of hydrogen-bond acceptors (Lipinski definition) is 4. The Balaban J connectivity index is 2.86. The first-order valence-corrected chi connectivity index (χ1v) is 3.75. The Morgan fingerprint density at radius 3 is 3.20 bits per heavy atom. The first kappa shape index (κ1) is 5.61. The van der Waals surface area contributed by atoms with Crippen molar-refractivity contribution in [2.24, 2.45) is 0 Å². The Labute approximate surface area is 61.5 Å². The van der Waals surface area contributed by atoms with Crippen molar-refractivity contribution >= 4 is 28.2 Å². The maximum atomic E-state index is 5.37. The highest BCUT2D eigenvalue weighted by molar-refractivity contribution is 7.09. The van der Waals surface area contributed by atoms with E-state index in [-0.39, 0.29) is 0 Å². The largest absolute Gasteiger partial charge is 0.368 e. The lowest BCUT2D eigenvalue weighted by molar-refractivity contribution is 1.24. The van der Waals surface area contributed by atoms with Crippen molar-refractivity contribution in [3.05, 3.63) is 17.0 Å². The minimum absolute atomic E-state index is 0.339. The summed E-state index contributed by atoms with van der Waals surface area (Å²) in [6.07, 6.45) is 1.73. The topological polar surface area (TPSA) is 51.8 Å². The zero-order valence-electron chi connectivity index (χ0n) is 5.11. The second kappa shape index (κ2) is 1.91. The Kier molecular flexibility index (Phi) is 1.07. The summed E-state index contributed by atoms with van der Waals surface area (Å²) in [6, 6.07) is 0. The van der Waals surface area contributed by atoms with Gasteiger partial charge in [-0.1, -0.05) is 0 Å². The normalized spacial score (nSPS) is 10.4. The maximum absolute atomic E-state index is 5.37. The molecule has 0 fully saturated rings. The van der Waals surface area contributed by atoms with Crippen LogP contribution < -0.4 is 5.73 Å². The number of nitrogens with two attached hydrogens (primary N) is 1. The quantitative estimate of drug-likeness (QED) is 0.617. The minimum Gasteiger partial charge on any atom is -0.368 e. The lowest BCUT2D eigenvalue weighted by atomic mass is 10.4. The predicted molar refractivity (Wildman–Crippen MR) is 41.8 cm³/mol. The number of anilines is 1. The summed E-state index contributed by atoms with van der Waals surface area (Å²) in [6.45, 7) is 0. The van der Waals surface area contributed by atoms with Gasteiger partial charge in [0.05, 0.1) is 5.52 Å². The molecule has 0 aliphatic heterocycles. The van der Waals surface area contributed by atoms with Crippen LogP contribution in [0.15, 0.2) is 17.0 Å². The Bertz CT molecular complexity index is 355. The number of nitrogen functional groups attached to an aromatic ring is 1. The number of nitrogens with zero attached hydrogens (tertiary/aromatic N) is 2. The van der Waals surface area contributed by atoms with E-state index in [9.17, 15) is 0 Å². The molecule has 2 aromatic rings. The highest BCUT2D eigenvalue weighted by Gasteiger charge is 1.94. The van der Waals surface area contributed by atoms with Crippen LogP contribution in [0.25, 0.3) is 10.9 Å². The van der Waals surface area contributed by atoms with Gasteiger partial charge in [-0.25, -0.2) is 9.97 Å². The molecule has 0 atom stereocenters. The SMILES string of the molecule is Nc1ncc2cscc2n1. The zero-order chi connectivity index (χ0) is 6.97. The molecule has 2 N–H and O–H groups in total. The summed E-state index contributed by atoms with van der Waals surface area (Å²) in [4.78, 5) is 7.87. The molecule has 0 aliphatic carbocycles. The monoisotopic (exact) mass is 151 g/mol. The molecule has 0 unspecified atom stereocenters. The fraction of sp³-hybridized carbons (Fsp3) is 0. The molecule has 2 aromatic heterocycles. The molecular formula is C6H5N3S. The Hall–Kier alpha value is -1.16. The molecule has 4 heteroatoms. The van der Waals surface area contributed by atoms with E-state index in [1.807, 2.05) is 10.8 Å². The van der Waals surface area contributed by atoms with Crippen LogP contribution in [0.1, 0.15) is 0 Å². The van der Waals surface area contributed by atoms with E-state index < -0.39 is 0 Å². The summed E-state index contributed by atoms with van der Waals surface area (Å²) < 4.78 is 0. The summed E-state index contributed by atoms with van der Waals surface area (Å²) in [5.74, 6) is 0.339. The van der Waals surface area contributed by atoms with Crippen molar-refractivity contribution in [3.8, 4) is 0 Å². The van der Waals surface area contributed by atoms with Crippen molar-refractivity contribution < 1.29 is 0 Å². The lowest BCUT2D eigenvalue weighted by Crippen LogP contribution is -1.91. The van der Waals surface area contributed by atoms with Gasteiger partial charge in [0.15, 0.2) is 0 Å². The van der Waals surface area contributed by atoms with Crippen molar-refractivity contribution in [1.29, 1.82) is 0 Å². The summed E-state index contributed by atoms with van der Waals surface area (Å²) in [5, 5.41) is 5.00. The van der Waals surface area contributed by atoms with E-state index in [2.05, 4.69) is 9.97 Å². The molecule has 0 bridgehead atoms. The average molecular weight is 151 g/mol. The standard InChI is InChI=1S/C6H5N3S/c7-6-8-1-4-2-10-3-5(4)9-6/h1-3H,(H2,7,9). The van der Waals surface area contributed by atoms with Gasteiger partial charge < -0.3 is 5.73 Å². The molecule has 0 saturated carbocycles. The smallest absolute Gasteiger partial charge is 0.220 e. The van der Waals surface area contributed by atoms with Crippen molar-refractivity contribution in [2.75, 3.05) is 5.73 Å². The van der Waals surface area contributed by atoms with Gasteiger partial charge in [0.2, 0.25) is 5.95 Å². The van der Waals surface area contributed by atoms with Gasteiger partial charge in [-0.3, -0.25) is 0 Å². The van der Waals surface area contributed by atoms with Gasteiger partial charge in [-0.15, -0.1) is 11.3 Å². The van der Waals surface area contributed by atoms with Crippen LogP contribution in [0.3, 0.4) is 0 Å². The molecule has 3 nitrogen and oxygen atoms in total. The third kappa shape index (κ3) is 0.733. The van der Waals surface area contributed by atoms with Crippen molar-refractivity contribution in [2.45, 2.75) is 0 Å². The minimum atomic E-state index is 0.339. The summed E-state index contributed by atoms with van der Waals surface area (Å²) in [5.41, 5.74) is 6.29. The van der Waals surface area contributed by atoms with Gasteiger partial charge in [0.25, 0.3) is 0 Å². The second-order valence-electron chi connectivity index (χ2n) is 1.94. The van der Waals surface area contributed by atoms with E-state index in [0.29, 0.717) is 5.95 Å². The van der Waals surface area contributed by atoms with Gasteiger partial charge in [0, 0.05) is 22.3 Å². The second-order valence-corrected chi connectivity index (χ2v) is 2.68. The molecule has 10 heavy (non-hydrogen) atoms. The zero-order valence-corrected chi connectivity index (χ0v) is 5.93. The van der Waals surface area contributed by atoms with E-state index >= 15 is 0 Å². The number of thiophene rings is 1. The van der Waals surface area contributed by atoms with Gasteiger partial charge in [-0.2, -0.15) is 0 Å². The van der Waals surface area contributed by atoms with Crippen LogP contribution in [0.4, 0.5) is 5.95 Å². The number of fused-ring (bicyclic) bond motifs is 1. The van der Waals surface area contributed by atoms with Crippen molar-refractivity contribution in [1.82, 2.24) is 9.97 Å². The molecule has 2 heterocycles. The molecular weight excluding hydrogens is 146 g/mol. The third-order valence-electron chi connectivity index (χ3n) is 1.24. The van der Waals surface area contributed by atoms with E-state index in [4.69, 9.17) is 5.73 Å². The fourth-order valence-electron chi connectivity index (χ4n) is 0.776. The maximum Gasteiger partial charge on any atom is 0.220 e. The molecule has 0 aliphatic rings. The molecule has 2 rings (SSSR count). The average Bonchev–Trinajstić information content (AvgIpc) is 2.33. The van der Waals surface area contributed by atoms with Crippen LogP contribution in [-0.4, -0.2) is 9.97 Å². The van der Waals surface area contributed by atoms with Crippen LogP contribution >= 0.6 is 11.3 Å². The summed E-state index contributed by atoms with van der Waals surface area (Å²) in [7, 11) is 0. The fourth-order valence-corrected chi connectivity index (χ4v) is 1.49. The Morgan fingerprint density at radius 2 is 2.30 bits per heavy atom. The van der Waals surface area contributed by atoms with Gasteiger partial charge in [0.1, 0.15) is 0 Å². The number of rotatable bonds is 0. The van der Waals surface area contributed by atoms with Crippen LogP contribution in [-0.2, 0) is 0 Å². The number of aromatic nitrogens is 2. The lowest BCUT2D eigenvalue weighted by Gasteiger charge is -1.88. The van der Waals surface area contributed by atoms with E-state index in [1.165, 1.54) is 0 Å². The molecule has 0 radical (unpaired) electrons.